The first-order valence-corrected chi connectivity index (χ1v) is 8.78. The minimum Gasteiger partial charge on any atom is -0.397 e. The summed E-state index contributed by atoms with van der Waals surface area (Å²) >= 11 is 1.58. The van der Waals surface area contributed by atoms with Crippen LogP contribution in [0.3, 0.4) is 0 Å². The number of ketones is 1. The summed E-state index contributed by atoms with van der Waals surface area (Å²) in [6.45, 7) is 4.03. The second-order valence-corrected chi connectivity index (χ2v) is 7.25. The van der Waals surface area contributed by atoms with Gasteiger partial charge in [0.2, 0.25) is 0 Å². The molecule has 1 aromatic heterocycles. The highest BCUT2D eigenvalue weighted by Gasteiger charge is 2.35. The Bertz CT molecular complexity index is 537. The third-order valence-corrected chi connectivity index (χ3v) is 5.91. The molecule has 1 aliphatic carbocycles. The molecule has 1 atom stereocenters. The number of nitrogens with zero attached hydrogens (tertiary/aromatic N) is 1. The lowest BCUT2D eigenvalue weighted by Gasteiger charge is -2.33. The Kier molecular flexibility index (Phi) is 4.22. The molecule has 1 saturated heterocycles. The molecule has 2 heterocycles. The fourth-order valence-electron chi connectivity index (χ4n) is 3.21. The van der Waals surface area contributed by atoms with Gasteiger partial charge in [0.25, 0.3) is 0 Å². The van der Waals surface area contributed by atoms with E-state index < -0.39 is 0 Å². The summed E-state index contributed by atoms with van der Waals surface area (Å²) in [6.07, 6.45) is 5.07. The fourth-order valence-corrected chi connectivity index (χ4v) is 4.56. The highest BCUT2D eigenvalue weighted by molar-refractivity contribution is 7.19. The third-order valence-electron chi connectivity index (χ3n) is 4.59. The topological polar surface area (TPSA) is 66.6 Å². The van der Waals surface area contributed by atoms with Crippen LogP contribution >= 0.6 is 11.3 Å². The number of nitrogen functional groups attached to an aromatic ring is 1. The zero-order valence-electron chi connectivity index (χ0n) is 12.6. The Morgan fingerprint density at radius 3 is 2.81 bits per heavy atom. The number of carbonyl (C=O) groups is 1. The molecule has 2 aliphatic rings. The van der Waals surface area contributed by atoms with Gasteiger partial charge < -0.3 is 15.7 Å². The number of Topliss-reactive ketones (excluding diaryl/α,β-unsaturated/α-hetero) is 1. The Hall–Kier alpha value is -1.07. The van der Waals surface area contributed by atoms with Gasteiger partial charge >= 0.3 is 0 Å². The molecule has 116 valence electrons. The number of hydrogen-bond donors (Lipinski definition) is 2. The Balaban J connectivity index is 1.95. The maximum absolute atomic E-state index is 12.1. The van der Waals surface area contributed by atoms with E-state index in [0.29, 0.717) is 18.3 Å². The molecule has 1 saturated carbocycles. The Morgan fingerprint density at radius 1 is 1.43 bits per heavy atom. The minimum atomic E-state index is 0.154. The zero-order valence-corrected chi connectivity index (χ0v) is 13.4. The fraction of sp³-hybridized carbons (Fsp3) is 0.688. The molecule has 21 heavy (non-hydrogen) atoms. The lowest BCUT2D eigenvalue weighted by atomic mass is 9.98. The highest BCUT2D eigenvalue weighted by Crippen LogP contribution is 2.52. The summed E-state index contributed by atoms with van der Waals surface area (Å²) in [6, 6.07) is 0. The molecule has 1 aliphatic heterocycles. The maximum Gasteiger partial charge on any atom is 0.174 e. The van der Waals surface area contributed by atoms with Crippen molar-refractivity contribution < 1.29 is 9.90 Å². The first-order chi connectivity index (χ1) is 10.2. The second kappa shape index (κ2) is 5.97. The second-order valence-electron chi connectivity index (χ2n) is 6.25. The van der Waals surface area contributed by atoms with Crippen LogP contribution in [0.5, 0.6) is 0 Å². The van der Waals surface area contributed by atoms with E-state index in [-0.39, 0.29) is 12.4 Å². The van der Waals surface area contributed by atoms with Crippen LogP contribution in [0.1, 0.15) is 60.2 Å². The van der Waals surface area contributed by atoms with Crippen molar-refractivity contribution in [3.05, 3.63) is 10.4 Å². The molecular formula is C16H24N2O2S. The lowest BCUT2D eigenvalue weighted by Crippen LogP contribution is -2.36. The number of aliphatic hydroxyl groups excluding tert-OH is 1. The number of anilines is 2. The number of rotatable bonds is 5. The van der Waals surface area contributed by atoms with Crippen molar-refractivity contribution in [3.63, 3.8) is 0 Å². The molecule has 1 unspecified atom stereocenters. The van der Waals surface area contributed by atoms with Gasteiger partial charge in [-0.1, -0.05) is 6.92 Å². The van der Waals surface area contributed by atoms with Crippen LogP contribution in [-0.4, -0.2) is 30.6 Å². The molecule has 0 spiro atoms. The monoisotopic (exact) mass is 308 g/mol. The summed E-state index contributed by atoms with van der Waals surface area (Å²) in [4.78, 5) is 15.2. The number of aliphatic hydroxyl groups is 1. The van der Waals surface area contributed by atoms with Crippen LogP contribution in [0.4, 0.5) is 10.7 Å². The van der Waals surface area contributed by atoms with Gasteiger partial charge in [-0.3, -0.25) is 4.79 Å². The quantitative estimate of drug-likeness (QED) is 0.821. The van der Waals surface area contributed by atoms with Crippen molar-refractivity contribution in [1.29, 1.82) is 0 Å². The summed E-state index contributed by atoms with van der Waals surface area (Å²) in [5.41, 5.74) is 8.26. The van der Waals surface area contributed by atoms with Crippen molar-refractivity contribution in [3.8, 4) is 0 Å². The molecule has 0 amide bonds. The van der Waals surface area contributed by atoms with E-state index in [4.69, 9.17) is 5.73 Å². The van der Waals surface area contributed by atoms with Crippen molar-refractivity contribution in [1.82, 2.24) is 0 Å². The van der Waals surface area contributed by atoms with Crippen molar-refractivity contribution in [2.24, 2.45) is 5.92 Å². The molecule has 3 N–H and O–H groups in total. The molecule has 0 bridgehead atoms. The number of nitrogens with two attached hydrogens (primary N) is 1. The molecule has 0 aromatic carbocycles. The predicted molar refractivity (Wildman–Crippen MR) is 87.4 cm³/mol. The predicted octanol–water partition coefficient (Wildman–Crippen LogP) is 3.01. The average molecular weight is 308 g/mol. The summed E-state index contributed by atoms with van der Waals surface area (Å²) in [5, 5.41) is 10.6. The van der Waals surface area contributed by atoms with E-state index in [1.807, 2.05) is 6.92 Å². The van der Waals surface area contributed by atoms with E-state index in [9.17, 15) is 9.90 Å². The van der Waals surface area contributed by atoms with Crippen molar-refractivity contribution >= 4 is 27.8 Å². The summed E-state index contributed by atoms with van der Waals surface area (Å²) in [5.74, 6) is 1.05. The zero-order chi connectivity index (χ0) is 15.0. The molecule has 3 rings (SSSR count). The summed E-state index contributed by atoms with van der Waals surface area (Å²) < 4.78 is 0. The number of hydrogen-bond acceptors (Lipinski definition) is 5. The Morgan fingerprint density at radius 2 is 2.19 bits per heavy atom. The van der Waals surface area contributed by atoms with E-state index in [1.54, 1.807) is 11.3 Å². The average Bonchev–Trinajstić information content (AvgIpc) is 3.29. The van der Waals surface area contributed by atoms with Gasteiger partial charge in [-0.05, 0) is 37.5 Å². The molecule has 4 nitrogen and oxygen atoms in total. The third kappa shape index (κ3) is 2.81. The van der Waals surface area contributed by atoms with E-state index in [1.165, 1.54) is 23.4 Å². The van der Waals surface area contributed by atoms with Crippen LogP contribution in [0.25, 0.3) is 0 Å². The number of piperidine rings is 1. The van der Waals surface area contributed by atoms with Gasteiger partial charge in [0.05, 0.1) is 15.6 Å². The largest absolute Gasteiger partial charge is 0.397 e. The molecular weight excluding hydrogens is 284 g/mol. The molecule has 2 fully saturated rings. The van der Waals surface area contributed by atoms with E-state index >= 15 is 0 Å². The van der Waals surface area contributed by atoms with Crippen molar-refractivity contribution in [2.75, 3.05) is 30.3 Å². The summed E-state index contributed by atoms with van der Waals surface area (Å²) in [7, 11) is 0. The van der Waals surface area contributed by atoms with Crippen LogP contribution in [0, 0.1) is 5.92 Å². The Labute approximate surface area is 129 Å². The van der Waals surface area contributed by atoms with Crippen molar-refractivity contribution in [2.45, 2.75) is 44.9 Å². The first kappa shape index (κ1) is 14.9. The van der Waals surface area contributed by atoms with Gasteiger partial charge in [-0.15, -0.1) is 11.3 Å². The molecule has 1 aromatic rings. The van der Waals surface area contributed by atoms with Crippen LogP contribution in [-0.2, 0) is 0 Å². The first-order valence-electron chi connectivity index (χ1n) is 7.96. The van der Waals surface area contributed by atoms with Crippen LogP contribution < -0.4 is 10.6 Å². The molecule has 0 radical (unpaired) electrons. The smallest absolute Gasteiger partial charge is 0.174 e. The minimum absolute atomic E-state index is 0.154. The van der Waals surface area contributed by atoms with Gasteiger partial charge in [-0.25, -0.2) is 0 Å². The van der Waals surface area contributed by atoms with Gasteiger partial charge in [0, 0.05) is 31.7 Å². The standard InChI is InChI=1S/C16H24N2O2S/c1-2-12(20)15-14(17)13(11-5-6-11)16(21-15)18-7-3-4-10(8-18)9-19/h10-11,19H,2-9,17H2,1H3. The van der Waals surface area contributed by atoms with E-state index in [2.05, 4.69) is 4.90 Å². The van der Waals surface area contributed by atoms with E-state index in [0.717, 1.165) is 36.5 Å². The SMILES string of the molecule is CCC(=O)c1sc(N2CCCC(CO)C2)c(C2CC2)c1N. The molecule has 5 heteroatoms. The van der Waals surface area contributed by atoms with Gasteiger partial charge in [0.1, 0.15) is 0 Å². The number of thiophene rings is 1. The van der Waals surface area contributed by atoms with Gasteiger partial charge in [0.15, 0.2) is 5.78 Å². The number of carbonyl (C=O) groups excluding carboxylic acids is 1. The normalized spacial score (nSPS) is 22.6. The van der Waals surface area contributed by atoms with Gasteiger partial charge in [-0.2, -0.15) is 0 Å². The van der Waals surface area contributed by atoms with Crippen LogP contribution in [0.2, 0.25) is 0 Å². The maximum atomic E-state index is 12.1. The van der Waals surface area contributed by atoms with Crippen LogP contribution in [0.15, 0.2) is 0 Å². The highest BCUT2D eigenvalue weighted by atomic mass is 32.1. The lowest BCUT2D eigenvalue weighted by molar-refractivity contribution is 0.0993.